The molecule has 3 aromatic rings. The van der Waals surface area contributed by atoms with E-state index in [-0.39, 0.29) is 40.6 Å². The lowest BCUT2D eigenvalue weighted by atomic mass is 9.83. The molecular formula is C21H21ClF3N3O4S. The number of imidazole rings is 1. The maximum atomic E-state index is 13.8. The van der Waals surface area contributed by atoms with Crippen molar-refractivity contribution in [2.45, 2.75) is 44.3 Å². The Balaban J connectivity index is 1.65. The second-order valence-electron chi connectivity index (χ2n) is 8.31. The molecule has 3 aromatic heterocycles. The fraction of sp³-hybridized carbons (Fsp3) is 0.429. The van der Waals surface area contributed by atoms with Gasteiger partial charge in [0.25, 0.3) is 0 Å². The number of hydrogen-bond donors (Lipinski definition) is 1. The van der Waals surface area contributed by atoms with Crippen LogP contribution < -0.4 is 4.72 Å². The summed E-state index contributed by atoms with van der Waals surface area (Å²) in [5.41, 5.74) is -1.60. The van der Waals surface area contributed by atoms with Gasteiger partial charge in [0.2, 0.25) is 10.0 Å². The molecule has 1 fully saturated rings. The van der Waals surface area contributed by atoms with Crippen LogP contribution in [0.2, 0.25) is 5.15 Å². The van der Waals surface area contributed by atoms with Crippen LogP contribution in [-0.2, 0) is 16.2 Å². The zero-order chi connectivity index (χ0) is 24.0. The molecule has 1 saturated carbocycles. The van der Waals surface area contributed by atoms with Crippen molar-refractivity contribution in [1.29, 1.82) is 0 Å². The summed E-state index contributed by atoms with van der Waals surface area (Å²) in [7, 11) is -3.38. The first kappa shape index (κ1) is 23.8. The lowest BCUT2D eigenvalue weighted by Gasteiger charge is -2.28. The van der Waals surface area contributed by atoms with Gasteiger partial charge in [-0.1, -0.05) is 18.0 Å². The van der Waals surface area contributed by atoms with Crippen molar-refractivity contribution < 1.29 is 30.8 Å². The van der Waals surface area contributed by atoms with E-state index in [2.05, 4.69) is 9.71 Å². The van der Waals surface area contributed by atoms with Gasteiger partial charge < -0.3 is 4.42 Å². The maximum absolute atomic E-state index is 13.8. The number of carbonyl (C=O) groups excluding carboxylic acids is 1. The number of halogens is 4. The average Bonchev–Trinajstić information content (AvgIpc) is 3.34. The lowest BCUT2D eigenvalue weighted by Crippen LogP contribution is -2.38. The van der Waals surface area contributed by atoms with E-state index in [0.29, 0.717) is 19.3 Å². The Hall–Kier alpha value is -2.37. The molecule has 0 amide bonds. The molecule has 0 aromatic carbocycles. The molecule has 3 heterocycles. The second-order valence-corrected chi connectivity index (χ2v) is 10.4. The van der Waals surface area contributed by atoms with E-state index in [9.17, 15) is 26.4 Å². The minimum absolute atomic E-state index is 0.0118. The first-order valence-electron chi connectivity index (χ1n) is 10.3. The first-order chi connectivity index (χ1) is 15.4. The van der Waals surface area contributed by atoms with E-state index in [4.69, 9.17) is 16.0 Å². The highest BCUT2D eigenvalue weighted by Gasteiger charge is 2.36. The van der Waals surface area contributed by atoms with Gasteiger partial charge in [0.05, 0.1) is 18.1 Å². The largest absolute Gasteiger partial charge is 0.464 e. The van der Waals surface area contributed by atoms with Crippen LogP contribution in [0.3, 0.4) is 0 Å². The van der Waals surface area contributed by atoms with E-state index in [1.54, 1.807) is 6.07 Å². The number of pyridine rings is 1. The van der Waals surface area contributed by atoms with Crippen molar-refractivity contribution in [2.75, 3.05) is 6.26 Å². The Morgan fingerprint density at radius 1 is 1.36 bits per heavy atom. The number of aromatic nitrogens is 2. The number of Topliss-reactive ketones (excluding diaryl/α,β-unsaturated/α-hetero) is 1. The molecule has 0 saturated heterocycles. The molecule has 7 nitrogen and oxygen atoms in total. The van der Waals surface area contributed by atoms with Crippen molar-refractivity contribution in [1.82, 2.24) is 14.1 Å². The number of fused-ring (bicyclic) bond motifs is 1. The topological polar surface area (TPSA) is 93.7 Å². The molecule has 0 radical (unpaired) electrons. The average molecular weight is 504 g/mol. The number of ketones is 1. The van der Waals surface area contributed by atoms with Gasteiger partial charge in [-0.25, -0.2) is 18.1 Å². The van der Waals surface area contributed by atoms with Crippen LogP contribution in [0.25, 0.3) is 17.0 Å². The van der Waals surface area contributed by atoms with Crippen molar-refractivity contribution in [3.05, 3.63) is 47.1 Å². The van der Waals surface area contributed by atoms with Crippen LogP contribution in [0, 0.1) is 5.92 Å². The molecule has 0 bridgehead atoms. The molecule has 178 valence electrons. The minimum Gasteiger partial charge on any atom is -0.464 e. The number of nitrogens with zero attached hydrogens (tertiary/aromatic N) is 2. The molecule has 0 aliphatic heterocycles. The van der Waals surface area contributed by atoms with Crippen molar-refractivity contribution in [3.8, 4) is 11.3 Å². The van der Waals surface area contributed by atoms with Gasteiger partial charge in [0.1, 0.15) is 16.6 Å². The van der Waals surface area contributed by atoms with Crippen molar-refractivity contribution in [3.63, 3.8) is 0 Å². The Bertz CT molecular complexity index is 1290. The minimum atomic E-state index is -4.73. The zero-order valence-corrected chi connectivity index (χ0v) is 19.1. The van der Waals surface area contributed by atoms with E-state index in [0.717, 1.165) is 23.1 Å². The van der Waals surface area contributed by atoms with Crippen LogP contribution in [0.15, 0.2) is 35.1 Å². The normalized spacial score (nSPS) is 19.8. The lowest BCUT2D eigenvalue weighted by molar-refractivity contribution is -0.136. The molecule has 0 spiro atoms. The SMILES string of the molecule is CS(=O)(=O)NC1CCCC(CC(=O)c2nc3c(C(F)(F)F)cc(-c4ccco4)cn3c2Cl)C1. The number of alkyl halides is 3. The summed E-state index contributed by atoms with van der Waals surface area (Å²) in [5.74, 6) is -0.403. The van der Waals surface area contributed by atoms with E-state index in [1.165, 1.54) is 18.5 Å². The summed E-state index contributed by atoms with van der Waals surface area (Å²) in [4.78, 5) is 16.9. The molecular weight excluding hydrogens is 483 g/mol. The Morgan fingerprint density at radius 3 is 2.76 bits per heavy atom. The first-order valence-corrected chi connectivity index (χ1v) is 12.5. The summed E-state index contributed by atoms with van der Waals surface area (Å²) in [6, 6.07) is 3.69. The number of hydrogen-bond acceptors (Lipinski definition) is 5. The smallest absolute Gasteiger partial charge is 0.420 e. The molecule has 2 unspecified atom stereocenters. The quantitative estimate of drug-likeness (QED) is 0.480. The Morgan fingerprint density at radius 2 is 2.12 bits per heavy atom. The number of carbonyl (C=O) groups is 1. The van der Waals surface area contributed by atoms with Crippen LogP contribution in [-0.4, -0.2) is 35.9 Å². The number of nitrogens with one attached hydrogen (secondary N) is 1. The van der Waals surface area contributed by atoms with Crippen LogP contribution in [0.5, 0.6) is 0 Å². The Labute approximate surface area is 193 Å². The van der Waals surface area contributed by atoms with Crippen molar-refractivity contribution >= 4 is 33.1 Å². The predicted molar refractivity (Wildman–Crippen MR) is 116 cm³/mol. The van der Waals surface area contributed by atoms with Gasteiger partial charge in [0, 0.05) is 24.2 Å². The van der Waals surface area contributed by atoms with Crippen molar-refractivity contribution in [2.24, 2.45) is 5.92 Å². The molecule has 1 N–H and O–H groups in total. The van der Waals surface area contributed by atoms with Gasteiger partial charge in [-0.2, -0.15) is 13.2 Å². The van der Waals surface area contributed by atoms with Crippen LogP contribution >= 0.6 is 11.6 Å². The monoisotopic (exact) mass is 503 g/mol. The molecule has 1 aliphatic rings. The number of furan rings is 1. The molecule has 4 rings (SSSR count). The van der Waals surface area contributed by atoms with E-state index >= 15 is 0 Å². The highest BCUT2D eigenvalue weighted by atomic mass is 35.5. The fourth-order valence-electron chi connectivity index (χ4n) is 4.33. The zero-order valence-electron chi connectivity index (χ0n) is 17.5. The third kappa shape index (κ3) is 5.25. The number of sulfonamides is 1. The van der Waals surface area contributed by atoms with E-state index in [1.807, 2.05) is 0 Å². The molecule has 12 heteroatoms. The number of rotatable bonds is 6. The van der Waals surface area contributed by atoms with Gasteiger partial charge in [0.15, 0.2) is 11.4 Å². The van der Waals surface area contributed by atoms with E-state index < -0.39 is 33.2 Å². The summed E-state index contributed by atoms with van der Waals surface area (Å²) in [5, 5.41) is -0.212. The second kappa shape index (κ2) is 8.77. The maximum Gasteiger partial charge on any atom is 0.420 e. The van der Waals surface area contributed by atoms with Crippen LogP contribution in [0.4, 0.5) is 13.2 Å². The van der Waals surface area contributed by atoms with Gasteiger partial charge in [-0.15, -0.1) is 0 Å². The van der Waals surface area contributed by atoms with Gasteiger partial charge >= 0.3 is 6.18 Å². The predicted octanol–water partition coefficient (Wildman–Crippen LogP) is 4.95. The molecule has 2 atom stereocenters. The highest BCUT2D eigenvalue weighted by molar-refractivity contribution is 7.88. The van der Waals surface area contributed by atoms with Gasteiger partial charge in [-0.3, -0.25) is 9.20 Å². The third-order valence-corrected chi connectivity index (χ3v) is 6.80. The molecule has 33 heavy (non-hydrogen) atoms. The highest BCUT2D eigenvalue weighted by Crippen LogP contribution is 2.37. The summed E-state index contributed by atoms with van der Waals surface area (Å²) in [6.07, 6.45) is 1.61. The standard InChI is InChI=1S/C21H21ClF3N3O4S/c1-33(30,31)27-14-5-2-4-12(8-14)9-16(29)18-19(22)28-11-13(17-6-3-7-32-17)10-15(20(28)26-18)21(23,24)25/h3,6-7,10-12,14,27H,2,4-5,8-9H2,1H3. The third-order valence-electron chi connectivity index (χ3n) is 5.67. The summed E-state index contributed by atoms with van der Waals surface area (Å²) < 4.78 is 73.1. The van der Waals surface area contributed by atoms with Gasteiger partial charge in [-0.05, 0) is 43.4 Å². The fourth-order valence-corrected chi connectivity index (χ4v) is 5.42. The van der Waals surface area contributed by atoms with Crippen LogP contribution in [0.1, 0.15) is 48.2 Å². The summed E-state index contributed by atoms with van der Waals surface area (Å²) in [6.45, 7) is 0. The molecule has 1 aliphatic carbocycles. The summed E-state index contributed by atoms with van der Waals surface area (Å²) >= 11 is 6.33. The Kier molecular flexibility index (Phi) is 6.32.